The van der Waals surface area contributed by atoms with Crippen molar-refractivity contribution in [2.75, 3.05) is 5.73 Å². The average molecular weight is 227 g/mol. The largest absolute Gasteiger partial charge is 0.383 e. The van der Waals surface area contributed by atoms with E-state index in [1.807, 2.05) is 7.05 Å². The molecule has 0 amide bonds. The molecule has 1 aliphatic carbocycles. The molecule has 0 saturated heterocycles. The highest BCUT2D eigenvalue weighted by atomic mass is 15.3. The molecule has 1 aliphatic rings. The number of aryl methyl sites for hydroxylation is 2. The summed E-state index contributed by atoms with van der Waals surface area (Å²) in [6.07, 6.45) is 2.49. The van der Waals surface area contributed by atoms with Crippen molar-refractivity contribution >= 4 is 5.82 Å². The summed E-state index contributed by atoms with van der Waals surface area (Å²) < 4.78 is 1.80. The Labute approximate surface area is 101 Å². The first-order valence-corrected chi connectivity index (χ1v) is 6.06. The van der Waals surface area contributed by atoms with Gasteiger partial charge in [-0.15, -0.1) is 0 Å². The number of nitrogens with zero attached hydrogens (tertiary/aromatic N) is 2. The molecule has 0 aliphatic heterocycles. The SMILES string of the molecule is Cc1cccc(-c2c(C3CC3)nn(C)c2N)c1. The molecule has 3 rings (SSSR count). The van der Waals surface area contributed by atoms with Crippen molar-refractivity contribution in [3.8, 4) is 11.1 Å². The van der Waals surface area contributed by atoms with Gasteiger partial charge in [-0.3, -0.25) is 4.68 Å². The molecule has 1 saturated carbocycles. The minimum absolute atomic E-state index is 0.619. The summed E-state index contributed by atoms with van der Waals surface area (Å²) in [4.78, 5) is 0. The highest BCUT2D eigenvalue weighted by Gasteiger charge is 2.31. The average Bonchev–Trinajstić information content (AvgIpc) is 3.08. The van der Waals surface area contributed by atoms with E-state index in [1.165, 1.54) is 29.7 Å². The molecule has 1 aromatic carbocycles. The molecule has 1 fully saturated rings. The molecule has 0 radical (unpaired) electrons. The van der Waals surface area contributed by atoms with Crippen LogP contribution in [0.4, 0.5) is 5.82 Å². The summed E-state index contributed by atoms with van der Waals surface area (Å²) >= 11 is 0. The Bertz CT molecular complexity index is 565. The van der Waals surface area contributed by atoms with Crippen LogP contribution in [0, 0.1) is 6.92 Å². The molecular formula is C14H17N3. The lowest BCUT2D eigenvalue weighted by Gasteiger charge is -2.04. The standard InChI is InChI=1S/C14H17N3/c1-9-4-3-5-11(8-9)12-13(10-6-7-10)16-17(2)14(12)15/h3-5,8,10H,6-7,15H2,1-2H3. The zero-order chi connectivity index (χ0) is 12.0. The lowest BCUT2D eigenvalue weighted by atomic mass is 10.0. The van der Waals surface area contributed by atoms with Crippen LogP contribution in [0.1, 0.15) is 30.0 Å². The quantitative estimate of drug-likeness (QED) is 0.857. The fourth-order valence-electron chi connectivity index (χ4n) is 2.30. The minimum atomic E-state index is 0.619. The van der Waals surface area contributed by atoms with Crippen molar-refractivity contribution in [2.24, 2.45) is 7.05 Å². The van der Waals surface area contributed by atoms with Crippen molar-refractivity contribution in [1.29, 1.82) is 0 Å². The van der Waals surface area contributed by atoms with E-state index >= 15 is 0 Å². The Kier molecular flexibility index (Phi) is 2.21. The molecular weight excluding hydrogens is 210 g/mol. The monoisotopic (exact) mass is 227 g/mol. The molecule has 2 N–H and O–H groups in total. The van der Waals surface area contributed by atoms with Crippen LogP contribution in [-0.4, -0.2) is 9.78 Å². The van der Waals surface area contributed by atoms with Crippen LogP contribution in [0.2, 0.25) is 0 Å². The highest BCUT2D eigenvalue weighted by Crippen LogP contribution is 2.45. The molecule has 1 aromatic heterocycles. The van der Waals surface area contributed by atoms with E-state index in [2.05, 4.69) is 36.3 Å². The third-order valence-corrected chi connectivity index (χ3v) is 3.39. The number of benzene rings is 1. The Hall–Kier alpha value is -1.77. The number of nitrogen functional groups attached to an aromatic ring is 1. The van der Waals surface area contributed by atoms with E-state index in [-0.39, 0.29) is 0 Å². The zero-order valence-corrected chi connectivity index (χ0v) is 10.3. The second kappa shape index (κ2) is 3.62. The molecule has 0 atom stereocenters. The van der Waals surface area contributed by atoms with Gasteiger partial charge >= 0.3 is 0 Å². The van der Waals surface area contributed by atoms with Gasteiger partial charge in [-0.25, -0.2) is 0 Å². The van der Waals surface area contributed by atoms with Gasteiger partial charge in [-0.2, -0.15) is 5.10 Å². The first-order valence-electron chi connectivity index (χ1n) is 6.06. The summed E-state index contributed by atoms with van der Waals surface area (Å²) in [6, 6.07) is 8.48. The Morgan fingerprint density at radius 1 is 1.35 bits per heavy atom. The first-order chi connectivity index (χ1) is 8.16. The third-order valence-electron chi connectivity index (χ3n) is 3.39. The van der Waals surface area contributed by atoms with Crippen LogP contribution >= 0.6 is 0 Å². The van der Waals surface area contributed by atoms with Crippen LogP contribution < -0.4 is 5.73 Å². The topological polar surface area (TPSA) is 43.8 Å². The van der Waals surface area contributed by atoms with Gasteiger partial charge in [0.05, 0.1) is 5.69 Å². The fourth-order valence-corrected chi connectivity index (χ4v) is 2.30. The van der Waals surface area contributed by atoms with Gasteiger partial charge in [-0.1, -0.05) is 29.8 Å². The summed E-state index contributed by atoms with van der Waals surface area (Å²) in [5, 5.41) is 4.57. The van der Waals surface area contributed by atoms with Crippen LogP contribution in [0.15, 0.2) is 24.3 Å². The maximum Gasteiger partial charge on any atom is 0.129 e. The van der Waals surface area contributed by atoms with Crippen molar-refractivity contribution in [2.45, 2.75) is 25.7 Å². The van der Waals surface area contributed by atoms with Gasteiger partial charge in [0.25, 0.3) is 0 Å². The highest BCUT2D eigenvalue weighted by molar-refractivity contribution is 5.77. The van der Waals surface area contributed by atoms with Crippen molar-refractivity contribution in [1.82, 2.24) is 9.78 Å². The summed E-state index contributed by atoms with van der Waals surface area (Å²) in [7, 11) is 1.92. The molecule has 0 unspecified atom stereocenters. The van der Waals surface area contributed by atoms with E-state index in [4.69, 9.17) is 5.73 Å². The smallest absolute Gasteiger partial charge is 0.129 e. The van der Waals surface area contributed by atoms with Gasteiger partial charge in [0.2, 0.25) is 0 Å². The first kappa shape index (κ1) is 10.4. The number of nitrogens with two attached hydrogens (primary N) is 1. The van der Waals surface area contributed by atoms with Crippen molar-refractivity contribution in [3.05, 3.63) is 35.5 Å². The fraction of sp³-hybridized carbons (Fsp3) is 0.357. The Morgan fingerprint density at radius 2 is 2.12 bits per heavy atom. The van der Waals surface area contributed by atoms with E-state index in [9.17, 15) is 0 Å². The Morgan fingerprint density at radius 3 is 2.76 bits per heavy atom. The predicted molar refractivity (Wildman–Crippen MR) is 69.8 cm³/mol. The van der Waals surface area contributed by atoms with Gasteiger partial charge in [0, 0.05) is 18.5 Å². The maximum atomic E-state index is 6.15. The summed E-state index contributed by atoms with van der Waals surface area (Å²) in [6.45, 7) is 2.10. The molecule has 0 spiro atoms. The van der Waals surface area contributed by atoms with E-state index in [0.29, 0.717) is 5.92 Å². The number of anilines is 1. The minimum Gasteiger partial charge on any atom is -0.383 e. The number of aromatic nitrogens is 2. The van der Waals surface area contributed by atoms with Crippen molar-refractivity contribution in [3.63, 3.8) is 0 Å². The normalized spacial score (nSPS) is 15.2. The van der Waals surface area contributed by atoms with Crippen molar-refractivity contribution < 1.29 is 0 Å². The molecule has 0 bridgehead atoms. The lowest BCUT2D eigenvalue weighted by molar-refractivity contribution is 0.753. The third kappa shape index (κ3) is 1.71. The summed E-state index contributed by atoms with van der Waals surface area (Å²) in [5.41, 5.74) is 10.9. The second-order valence-electron chi connectivity index (χ2n) is 4.91. The van der Waals surface area contributed by atoms with E-state index in [0.717, 1.165) is 11.4 Å². The molecule has 1 heterocycles. The second-order valence-corrected chi connectivity index (χ2v) is 4.91. The number of hydrogen-bond donors (Lipinski definition) is 1. The van der Waals surface area contributed by atoms with Crippen LogP contribution in [0.5, 0.6) is 0 Å². The number of rotatable bonds is 2. The molecule has 3 nitrogen and oxygen atoms in total. The van der Waals surface area contributed by atoms with E-state index in [1.54, 1.807) is 4.68 Å². The predicted octanol–water partition coefficient (Wildman–Crippen LogP) is 2.86. The number of hydrogen-bond acceptors (Lipinski definition) is 2. The summed E-state index contributed by atoms with van der Waals surface area (Å²) in [5.74, 6) is 1.39. The zero-order valence-electron chi connectivity index (χ0n) is 10.3. The van der Waals surface area contributed by atoms with Crippen LogP contribution in [0.25, 0.3) is 11.1 Å². The van der Waals surface area contributed by atoms with E-state index < -0.39 is 0 Å². The Balaban J connectivity index is 2.18. The molecule has 88 valence electrons. The van der Waals surface area contributed by atoms with Gasteiger partial charge < -0.3 is 5.73 Å². The van der Waals surface area contributed by atoms with Gasteiger partial charge in [0.15, 0.2) is 0 Å². The maximum absolute atomic E-state index is 6.15. The van der Waals surface area contributed by atoms with Crippen LogP contribution in [-0.2, 0) is 7.05 Å². The molecule has 2 aromatic rings. The van der Waals surface area contributed by atoms with Crippen LogP contribution in [0.3, 0.4) is 0 Å². The van der Waals surface area contributed by atoms with Gasteiger partial charge in [-0.05, 0) is 25.3 Å². The van der Waals surface area contributed by atoms with Gasteiger partial charge in [0.1, 0.15) is 5.82 Å². The lowest BCUT2D eigenvalue weighted by Crippen LogP contribution is -1.98. The molecule has 17 heavy (non-hydrogen) atoms. The molecule has 3 heteroatoms.